The first-order chi connectivity index (χ1) is 8.69. The molecule has 0 radical (unpaired) electrons. The molecule has 0 atom stereocenters. The maximum Gasteiger partial charge on any atom is 0.325 e. The molecule has 1 rings (SSSR count). The van der Waals surface area contributed by atoms with E-state index in [2.05, 4.69) is 9.97 Å². The van der Waals surface area contributed by atoms with Crippen LogP contribution in [0.2, 0.25) is 0 Å². The zero-order chi connectivity index (χ0) is 13.4. The Morgan fingerprint density at radius 3 is 2.67 bits per heavy atom. The molecule has 0 aliphatic carbocycles. The summed E-state index contributed by atoms with van der Waals surface area (Å²) >= 11 is 0. The van der Waals surface area contributed by atoms with Gasteiger partial charge in [0.05, 0.1) is 12.8 Å². The SMILES string of the molecule is CCCN(CC(=O)OCC)C(=O)c1cnccn1. The van der Waals surface area contributed by atoms with Crippen LogP contribution >= 0.6 is 0 Å². The number of esters is 1. The van der Waals surface area contributed by atoms with Crippen LogP contribution in [0.4, 0.5) is 0 Å². The van der Waals surface area contributed by atoms with Gasteiger partial charge in [-0.05, 0) is 13.3 Å². The van der Waals surface area contributed by atoms with E-state index in [0.717, 1.165) is 6.42 Å². The van der Waals surface area contributed by atoms with Crippen LogP contribution in [0.3, 0.4) is 0 Å². The quantitative estimate of drug-likeness (QED) is 0.702. The van der Waals surface area contributed by atoms with Crippen LogP contribution in [0.25, 0.3) is 0 Å². The van der Waals surface area contributed by atoms with E-state index in [-0.39, 0.29) is 18.1 Å². The highest BCUT2D eigenvalue weighted by Crippen LogP contribution is 2.02. The summed E-state index contributed by atoms with van der Waals surface area (Å²) in [5, 5.41) is 0. The minimum absolute atomic E-state index is 0.0584. The second kappa shape index (κ2) is 7.37. The molecule has 1 amide bonds. The second-order valence-corrected chi connectivity index (χ2v) is 3.62. The van der Waals surface area contributed by atoms with Crippen molar-refractivity contribution in [2.45, 2.75) is 20.3 Å². The molecule has 18 heavy (non-hydrogen) atoms. The Bertz CT molecular complexity index is 395. The van der Waals surface area contributed by atoms with Crippen LogP contribution in [0, 0.1) is 0 Å². The molecule has 0 aromatic carbocycles. The van der Waals surface area contributed by atoms with Gasteiger partial charge in [-0.3, -0.25) is 14.6 Å². The summed E-state index contributed by atoms with van der Waals surface area (Å²) in [6.45, 7) is 4.39. The summed E-state index contributed by atoms with van der Waals surface area (Å²) in [5.41, 5.74) is 0.232. The summed E-state index contributed by atoms with van der Waals surface area (Å²) < 4.78 is 4.84. The maximum atomic E-state index is 12.1. The van der Waals surface area contributed by atoms with Crippen LogP contribution in [-0.2, 0) is 9.53 Å². The fourth-order valence-electron chi connectivity index (χ4n) is 1.46. The van der Waals surface area contributed by atoms with E-state index in [1.165, 1.54) is 23.5 Å². The van der Waals surface area contributed by atoms with Crippen molar-refractivity contribution >= 4 is 11.9 Å². The molecule has 0 aliphatic heterocycles. The van der Waals surface area contributed by atoms with Gasteiger partial charge >= 0.3 is 5.97 Å². The average Bonchev–Trinajstić information content (AvgIpc) is 2.39. The molecule has 0 fully saturated rings. The Morgan fingerprint density at radius 2 is 2.11 bits per heavy atom. The van der Waals surface area contributed by atoms with Gasteiger partial charge in [-0.15, -0.1) is 0 Å². The second-order valence-electron chi connectivity index (χ2n) is 3.62. The Morgan fingerprint density at radius 1 is 1.33 bits per heavy atom. The summed E-state index contributed by atoms with van der Waals surface area (Å²) in [7, 11) is 0. The number of amides is 1. The Hall–Kier alpha value is -1.98. The number of ether oxygens (including phenoxy) is 1. The standard InChI is InChI=1S/C12H17N3O3/c1-3-7-15(9-11(16)18-4-2)12(17)10-8-13-5-6-14-10/h5-6,8H,3-4,7,9H2,1-2H3. The minimum atomic E-state index is -0.414. The lowest BCUT2D eigenvalue weighted by Gasteiger charge is -2.20. The van der Waals surface area contributed by atoms with Crippen molar-refractivity contribution in [2.24, 2.45) is 0 Å². The summed E-state index contributed by atoms with van der Waals surface area (Å²) in [4.78, 5) is 32.7. The molecule has 1 heterocycles. The number of hydrogen-bond acceptors (Lipinski definition) is 5. The predicted octanol–water partition coefficient (Wildman–Crippen LogP) is 0.892. The predicted molar refractivity (Wildman–Crippen MR) is 64.9 cm³/mol. The van der Waals surface area contributed by atoms with Crippen LogP contribution in [0.5, 0.6) is 0 Å². The van der Waals surface area contributed by atoms with Crippen LogP contribution in [0.1, 0.15) is 30.8 Å². The van der Waals surface area contributed by atoms with Gasteiger partial charge in [0, 0.05) is 18.9 Å². The third-order valence-electron chi connectivity index (χ3n) is 2.19. The lowest BCUT2D eigenvalue weighted by molar-refractivity contribution is -0.143. The van der Waals surface area contributed by atoms with Crippen molar-refractivity contribution in [1.82, 2.24) is 14.9 Å². The van der Waals surface area contributed by atoms with Crippen LogP contribution < -0.4 is 0 Å². The number of carbonyl (C=O) groups excluding carboxylic acids is 2. The Labute approximate surface area is 106 Å². The molecule has 0 unspecified atom stereocenters. The zero-order valence-corrected chi connectivity index (χ0v) is 10.6. The van der Waals surface area contributed by atoms with Crippen molar-refractivity contribution in [1.29, 1.82) is 0 Å². The number of carbonyl (C=O) groups is 2. The summed E-state index contributed by atoms with van der Waals surface area (Å²) in [5.74, 6) is -0.721. The fraction of sp³-hybridized carbons (Fsp3) is 0.500. The zero-order valence-electron chi connectivity index (χ0n) is 10.6. The molecule has 0 aliphatic rings. The highest BCUT2D eigenvalue weighted by atomic mass is 16.5. The smallest absolute Gasteiger partial charge is 0.325 e. The summed E-state index contributed by atoms with van der Waals surface area (Å²) in [6.07, 6.45) is 5.08. The molecule has 0 spiro atoms. The number of aromatic nitrogens is 2. The van der Waals surface area contributed by atoms with E-state index in [0.29, 0.717) is 13.2 Å². The fourth-order valence-corrected chi connectivity index (χ4v) is 1.46. The van der Waals surface area contributed by atoms with E-state index in [1.807, 2.05) is 6.92 Å². The van der Waals surface area contributed by atoms with E-state index >= 15 is 0 Å². The highest BCUT2D eigenvalue weighted by molar-refractivity contribution is 5.93. The van der Waals surface area contributed by atoms with Gasteiger partial charge in [-0.2, -0.15) is 0 Å². The maximum absolute atomic E-state index is 12.1. The molecule has 1 aromatic rings. The lowest BCUT2D eigenvalue weighted by atomic mass is 10.3. The van der Waals surface area contributed by atoms with Crippen molar-refractivity contribution in [3.05, 3.63) is 24.3 Å². The van der Waals surface area contributed by atoms with Gasteiger partial charge in [-0.1, -0.05) is 6.92 Å². The number of nitrogens with zero attached hydrogens (tertiary/aromatic N) is 3. The van der Waals surface area contributed by atoms with Gasteiger partial charge in [0.15, 0.2) is 0 Å². The Kier molecular flexibility index (Phi) is 5.76. The van der Waals surface area contributed by atoms with Crippen LogP contribution in [0.15, 0.2) is 18.6 Å². The van der Waals surface area contributed by atoms with Crippen molar-refractivity contribution in [3.8, 4) is 0 Å². The first-order valence-corrected chi connectivity index (χ1v) is 5.90. The normalized spacial score (nSPS) is 9.89. The minimum Gasteiger partial charge on any atom is -0.465 e. The number of rotatable bonds is 6. The highest BCUT2D eigenvalue weighted by Gasteiger charge is 2.19. The average molecular weight is 251 g/mol. The molecular formula is C12H17N3O3. The first-order valence-electron chi connectivity index (χ1n) is 5.90. The van der Waals surface area contributed by atoms with Crippen molar-refractivity contribution in [2.75, 3.05) is 19.7 Å². The monoisotopic (exact) mass is 251 g/mol. The van der Waals surface area contributed by atoms with Crippen molar-refractivity contribution < 1.29 is 14.3 Å². The molecule has 0 saturated carbocycles. The van der Waals surface area contributed by atoms with Gasteiger partial charge < -0.3 is 9.64 Å². The molecule has 6 nitrogen and oxygen atoms in total. The van der Waals surface area contributed by atoms with E-state index in [4.69, 9.17) is 4.74 Å². The molecular weight excluding hydrogens is 234 g/mol. The number of hydrogen-bond donors (Lipinski definition) is 0. The lowest BCUT2D eigenvalue weighted by Crippen LogP contribution is -2.37. The Balaban J connectivity index is 2.72. The van der Waals surface area contributed by atoms with Gasteiger partial charge in [-0.25, -0.2) is 4.98 Å². The molecule has 0 bridgehead atoms. The van der Waals surface area contributed by atoms with E-state index < -0.39 is 5.97 Å². The van der Waals surface area contributed by atoms with Crippen LogP contribution in [-0.4, -0.2) is 46.4 Å². The van der Waals surface area contributed by atoms with E-state index in [9.17, 15) is 9.59 Å². The third kappa shape index (κ3) is 4.12. The van der Waals surface area contributed by atoms with Gasteiger partial charge in [0.1, 0.15) is 12.2 Å². The molecule has 0 saturated heterocycles. The molecule has 6 heteroatoms. The van der Waals surface area contributed by atoms with Gasteiger partial charge in [0.25, 0.3) is 5.91 Å². The summed E-state index contributed by atoms with van der Waals surface area (Å²) in [6, 6.07) is 0. The van der Waals surface area contributed by atoms with E-state index in [1.54, 1.807) is 6.92 Å². The largest absolute Gasteiger partial charge is 0.465 e. The van der Waals surface area contributed by atoms with Crippen molar-refractivity contribution in [3.63, 3.8) is 0 Å². The molecule has 0 N–H and O–H groups in total. The first kappa shape index (κ1) is 14.1. The van der Waals surface area contributed by atoms with Gasteiger partial charge in [0.2, 0.25) is 0 Å². The molecule has 1 aromatic heterocycles. The topological polar surface area (TPSA) is 72.4 Å². The molecule has 98 valence electrons. The third-order valence-corrected chi connectivity index (χ3v) is 2.19.